The molecular weight excluding hydrogens is 230 g/mol. The number of aryl methyl sites for hydroxylation is 1. The molecule has 0 radical (unpaired) electrons. The van der Waals surface area contributed by atoms with Crippen LogP contribution < -0.4 is 16.4 Å². The summed E-state index contributed by atoms with van der Waals surface area (Å²) in [6.07, 6.45) is 1.58. The molecule has 1 aromatic carbocycles. The van der Waals surface area contributed by atoms with Crippen LogP contribution in [0.3, 0.4) is 0 Å². The number of carbonyl (C=O) groups excluding carboxylic acids is 1. The van der Waals surface area contributed by atoms with Crippen LogP contribution in [0.5, 0.6) is 0 Å². The highest BCUT2D eigenvalue weighted by atomic mass is 16.2. The highest BCUT2D eigenvalue weighted by Gasteiger charge is 2.04. The Morgan fingerprint density at radius 1 is 1.39 bits per heavy atom. The van der Waals surface area contributed by atoms with Crippen LogP contribution in [0.25, 0.3) is 0 Å². The summed E-state index contributed by atoms with van der Waals surface area (Å²) in [6, 6.07) is 7.29. The molecule has 0 saturated heterocycles. The predicted octanol–water partition coefficient (Wildman–Crippen LogP) is 1.62. The number of aromatic amines is 1. The molecule has 0 unspecified atom stereocenters. The normalized spacial score (nSPS) is 10.1. The Kier molecular flexibility index (Phi) is 3.47. The molecule has 0 aliphatic carbocycles. The van der Waals surface area contributed by atoms with Crippen LogP contribution in [0.2, 0.25) is 0 Å². The number of carbonyl (C=O) groups is 1. The van der Waals surface area contributed by atoms with Crippen LogP contribution in [0.1, 0.15) is 11.1 Å². The minimum absolute atomic E-state index is 0.278. The van der Waals surface area contributed by atoms with E-state index in [2.05, 4.69) is 20.8 Å². The summed E-state index contributed by atoms with van der Waals surface area (Å²) in [5.41, 5.74) is 8.26. The lowest BCUT2D eigenvalue weighted by molar-refractivity contribution is 0.252. The lowest BCUT2D eigenvalue weighted by atomic mass is 10.2. The Morgan fingerprint density at radius 3 is 2.72 bits per heavy atom. The van der Waals surface area contributed by atoms with E-state index in [1.54, 1.807) is 6.20 Å². The molecule has 1 aromatic heterocycles. The largest absolute Gasteiger partial charge is 0.384 e. The van der Waals surface area contributed by atoms with Gasteiger partial charge in [0.2, 0.25) is 0 Å². The summed E-state index contributed by atoms with van der Waals surface area (Å²) in [6.45, 7) is 2.32. The number of amides is 2. The molecule has 6 heteroatoms. The summed E-state index contributed by atoms with van der Waals surface area (Å²) in [5, 5.41) is 11.8. The summed E-state index contributed by atoms with van der Waals surface area (Å²) < 4.78 is 0. The van der Waals surface area contributed by atoms with E-state index in [4.69, 9.17) is 5.73 Å². The van der Waals surface area contributed by atoms with Crippen molar-refractivity contribution in [3.8, 4) is 0 Å². The van der Waals surface area contributed by atoms with E-state index >= 15 is 0 Å². The second-order valence-corrected chi connectivity index (χ2v) is 3.98. The van der Waals surface area contributed by atoms with Gasteiger partial charge in [-0.2, -0.15) is 5.10 Å². The van der Waals surface area contributed by atoms with Gasteiger partial charge in [-0.1, -0.05) is 17.7 Å². The molecule has 2 rings (SSSR count). The third-order valence-electron chi connectivity index (χ3n) is 2.50. The Hall–Kier alpha value is -2.50. The number of nitrogen functional groups attached to an aromatic ring is 1. The number of aromatic nitrogens is 2. The number of H-pyrrole nitrogens is 1. The van der Waals surface area contributed by atoms with Gasteiger partial charge in [0.1, 0.15) is 5.82 Å². The highest BCUT2D eigenvalue weighted by Crippen LogP contribution is 2.09. The fourth-order valence-electron chi connectivity index (χ4n) is 1.45. The maximum absolute atomic E-state index is 11.6. The summed E-state index contributed by atoms with van der Waals surface area (Å²) in [5.74, 6) is 0.464. The van der Waals surface area contributed by atoms with Crippen LogP contribution in [-0.4, -0.2) is 16.2 Å². The minimum Gasteiger partial charge on any atom is -0.384 e. The number of nitrogens with one attached hydrogen (secondary N) is 3. The van der Waals surface area contributed by atoms with Crippen LogP contribution in [0.4, 0.5) is 16.3 Å². The lowest BCUT2D eigenvalue weighted by Gasteiger charge is -2.07. The second kappa shape index (κ2) is 5.22. The van der Waals surface area contributed by atoms with Crippen molar-refractivity contribution >= 4 is 17.5 Å². The van der Waals surface area contributed by atoms with Gasteiger partial charge in [0.25, 0.3) is 0 Å². The maximum atomic E-state index is 11.6. The average Bonchev–Trinajstić information content (AvgIpc) is 2.75. The van der Waals surface area contributed by atoms with E-state index in [0.717, 1.165) is 16.8 Å². The van der Waals surface area contributed by atoms with Crippen molar-refractivity contribution in [2.24, 2.45) is 0 Å². The van der Waals surface area contributed by atoms with Gasteiger partial charge in [0.15, 0.2) is 0 Å². The van der Waals surface area contributed by atoms with E-state index in [1.165, 1.54) is 0 Å². The zero-order valence-corrected chi connectivity index (χ0v) is 10.0. The number of benzene rings is 1. The van der Waals surface area contributed by atoms with Crippen molar-refractivity contribution in [1.29, 1.82) is 0 Å². The van der Waals surface area contributed by atoms with Crippen LogP contribution >= 0.6 is 0 Å². The molecule has 0 spiro atoms. The predicted molar refractivity (Wildman–Crippen MR) is 70.0 cm³/mol. The number of anilines is 2. The molecule has 0 atom stereocenters. The second-order valence-electron chi connectivity index (χ2n) is 3.98. The van der Waals surface area contributed by atoms with Crippen molar-refractivity contribution in [3.05, 3.63) is 41.6 Å². The average molecular weight is 245 g/mol. The van der Waals surface area contributed by atoms with Gasteiger partial charge in [-0.3, -0.25) is 5.10 Å². The topological polar surface area (TPSA) is 95.8 Å². The lowest BCUT2D eigenvalue weighted by Crippen LogP contribution is -2.28. The maximum Gasteiger partial charge on any atom is 0.319 e. The molecule has 6 nitrogen and oxygen atoms in total. The molecule has 18 heavy (non-hydrogen) atoms. The quantitative estimate of drug-likeness (QED) is 0.661. The number of nitrogens with zero attached hydrogens (tertiary/aromatic N) is 1. The Morgan fingerprint density at radius 2 is 2.11 bits per heavy atom. The molecule has 94 valence electrons. The van der Waals surface area contributed by atoms with Gasteiger partial charge in [0.05, 0.1) is 6.20 Å². The Balaban J connectivity index is 1.86. The zero-order chi connectivity index (χ0) is 13.0. The van der Waals surface area contributed by atoms with Crippen molar-refractivity contribution in [2.45, 2.75) is 13.5 Å². The SMILES string of the molecule is Cc1ccc(NC(=O)NCc2cn[nH]c2N)cc1. The van der Waals surface area contributed by atoms with Gasteiger partial charge < -0.3 is 16.4 Å². The van der Waals surface area contributed by atoms with Crippen molar-refractivity contribution < 1.29 is 4.79 Å². The van der Waals surface area contributed by atoms with Gasteiger partial charge in [-0.05, 0) is 19.1 Å². The van der Waals surface area contributed by atoms with Gasteiger partial charge in [0, 0.05) is 17.8 Å². The standard InChI is InChI=1S/C12H15N5O/c1-8-2-4-10(5-3-8)16-12(18)14-6-9-7-15-17-11(9)13/h2-5,7H,6H2,1H3,(H3,13,15,17)(H2,14,16,18). The summed E-state index contributed by atoms with van der Waals surface area (Å²) in [4.78, 5) is 11.6. The third-order valence-corrected chi connectivity index (χ3v) is 2.50. The molecule has 0 fully saturated rings. The summed E-state index contributed by atoms with van der Waals surface area (Å²) in [7, 11) is 0. The first-order chi connectivity index (χ1) is 8.65. The molecule has 0 saturated carbocycles. The number of rotatable bonds is 3. The highest BCUT2D eigenvalue weighted by molar-refractivity contribution is 5.89. The third kappa shape index (κ3) is 3.00. The zero-order valence-electron chi connectivity index (χ0n) is 10.0. The first-order valence-electron chi connectivity index (χ1n) is 5.54. The molecule has 1 heterocycles. The van der Waals surface area contributed by atoms with E-state index in [1.807, 2.05) is 31.2 Å². The number of hydrogen-bond donors (Lipinski definition) is 4. The number of urea groups is 1. The van der Waals surface area contributed by atoms with Crippen molar-refractivity contribution in [2.75, 3.05) is 11.1 Å². The monoisotopic (exact) mass is 245 g/mol. The van der Waals surface area contributed by atoms with Crippen molar-refractivity contribution in [1.82, 2.24) is 15.5 Å². The molecular formula is C12H15N5O. The van der Waals surface area contributed by atoms with Crippen LogP contribution in [-0.2, 0) is 6.54 Å². The minimum atomic E-state index is -0.278. The first-order valence-corrected chi connectivity index (χ1v) is 5.54. The van der Waals surface area contributed by atoms with Crippen LogP contribution in [0.15, 0.2) is 30.5 Å². The van der Waals surface area contributed by atoms with E-state index < -0.39 is 0 Å². The van der Waals surface area contributed by atoms with E-state index in [0.29, 0.717) is 12.4 Å². The van der Waals surface area contributed by atoms with Gasteiger partial charge in [-0.15, -0.1) is 0 Å². The molecule has 2 amide bonds. The molecule has 0 bridgehead atoms. The fraction of sp³-hybridized carbons (Fsp3) is 0.167. The molecule has 5 N–H and O–H groups in total. The number of nitrogens with two attached hydrogens (primary N) is 1. The molecule has 0 aliphatic rings. The summed E-state index contributed by atoms with van der Waals surface area (Å²) >= 11 is 0. The molecule has 0 aliphatic heterocycles. The first kappa shape index (κ1) is 12.0. The number of hydrogen-bond acceptors (Lipinski definition) is 3. The van der Waals surface area contributed by atoms with Crippen LogP contribution in [0, 0.1) is 6.92 Å². The Bertz CT molecular complexity index is 532. The Labute approximate surface area is 105 Å². The fourth-order valence-corrected chi connectivity index (χ4v) is 1.45. The van der Waals surface area contributed by atoms with E-state index in [9.17, 15) is 4.79 Å². The van der Waals surface area contributed by atoms with Gasteiger partial charge in [-0.25, -0.2) is 4.79 Å². The molecule has 2 aromatic rings. The van der Waals surface area contributed by atoms with Crippen molar-refractivity contribution in [3.63, 3.8) is 0 Å². The van der Waals surface area contributed by atoms with E-state index in [-0.39, 0.29) is 6.03 Å². The smallest absolute Gasteiger partial charge is 0.319 e. The van der Waals surface area contributed by atoms with Gasteiger partial charge >= 0.3 is 6.03 Å².